The van der Waals surface area contributed by atoms with Crippen LogP contribution in [-0.4, -0.2) is 24.2 Å². The van der Waals surface area contributed by atoms with Gasteiger partial charge >= 0.3 is 0 Å². The highest BCUT2D eigenvalue weighted by molar-refractivity contribution is 6.42. The van der Waals surface area contributed by atoms with Crippen LogP contribution < -0.4 is 10.6 Å². The lowest BCUT2D eigenvalue weighted by Crippen LogP contribution is -2.37. The van der Waals surface area contributed by atoms with Crippen LogP contribution in [0.2, 0.25) is 10.0 Å². The van der Waals surface area contributed by atoms with E-state index >= 15 is 0 Å². The first-order valence-corrected chi connectivity index (χ1v) is 8.16. The van der Waals surface area contributed by atoms with Gasteiger partial charge in [0.1, 0.15) is 5.75 Å². The summed E-state index contributed by atoms with van der Waals surface area (Å²) in [6, 6.07) is 12.7. The zero-order valence-electron chi connectivity index (χ0n) is 12.4. The van der Waals surface area contributed by atoms with Crippen molar-refractivity contribution in [3.63, 3.8) is 0 Å². The number of benzene rings is 2. The maximum atomic E-state index is 9.43. The number of hydrogen-bond donors (Lipinski definition) is 3. The molecule has 3 N–H and O–H groups in total. The van der Waals surface area contributed by atoms with E-state index in [1.165, 1.54) is 0 Å². The Bertz CT molecular complexity index is 716. The van der Waals surface area contributed by atoms with E-state index in [2.05, 4.69) is 15.6 Å². The number of halogens is 2. The van der Waals surface area contributed by atoms with E-state index in [1.807, 2.05) is 24.3 Å². The van der Waals surface area contributed by atoms with Gasteiger partial charge in [-0.15, -0.1) is 0 Å². The Hall–Kier alpha value is -1.91. The molecular formula is C17H17Cl2N3O. The van der Waals surface area contributed by atoms with Crippen molar-refractivity contribution < 1.29 is 5.11 Å². The standard InChI is InChI=1S/C17H17Cl2N3O/c18-14-3-1-2-13(16(14)19)15(22-17-20-8-9-21-17)10-11-4-6-12(23)7-5-11/h1-7,15,23H,8-10H2,(H2,20,21,22). The molecule has 0 fully saturated rings. The SMILES string of the molecule is Oc1ccc(CC(NC2=NCCN2)c2cccc(Cl)c2Cl)cc1. The smallest absolute Gasteiger partial charge is 0.191 e. The van der Waals surface area contributed by atoms with E-state index in [0.717, 1.165) is 30.2 Å². The Morgan fingerprint density at radius 3 is 2.65 bits per heavy atom. The molecule has 3 rings (SSSR count). The molecule has 6 heteroatoms. The topological polar surface area (TPSA) is 56.6 Å². The molecule has 1 aliphatic rings. The van der Waals surface area contributed by atoms with Crippen molar-refractivity contribution in [2.45, 2.75) is 12.5 Å². The zero-order valence-corrected chi connectivity index (χ0v) is 13.9. The molecule has 120 valence electrons. The van der Waals surface area contributed by atoms with Crippen LogP contribution in [0, 0.1) is 0 Å². The van der Waals surface area contributed by atoms with Crippen molar-refractivity contribution in [3.05, 3.63) is 63.6 Å². The van der Waals surface area contributed by atoms with Crippen molar-refractivity contribution in [2.75, 3.05) is 13.1 Å². The second-order valence-corrected chi connectivity index (χ2v) is 6.15. The number of rotatable bonds is 4. The van der Waals surface area contributed by atoms with Crippen molar-refractivity contribution in [1.82, 2.24) is 10.6 Å². The van der Waals surface area contributed by atoms with Crippen LogP contribution in [-0.2, 0) is 6.42 Å². The molecule has 23 heavy (non-hydrogen) atoms. The van der Waals surface area contributed by atoms with Crippen molar-refractivity contribution in [2.24, 2.45) is 4.99 Å². The van der Waals surface area contributed by atoms with E-state index in [9.17, 15) is 5.11 Å². The highest BCUT2D eigenvalue weighted by Crippen LogP contribution is 2.31. The normalized spacial score (nSPS) is 15.0. The quantitative estimate of drug-likeness (QED) is 0.791. The molecule has 0 radical (unpaired) electrons. The predicted octanol–water partition coefficient (Wildman–Crippen LogP) is 3.53. The summed E-state index contributed by atoms with van der Waals surface area (Å²) in [7, 11) is 0. The predicted molar refractivity (Wildman–Crippen MR) is 94.5 cm³/mol. The van der Waals surface area contributed by atoms with E-state index in [-0.39, 0.29) is 11.8 Å². The molecule has 0 aromatic heterocycles. The van der Waals surface area contributed by atoms with E-state index in [0.29, 0.717) is 16.5 Å². The van der Waals surface area contributed by atoms with Crippen molar-refractivity contribution >= 4 is 29.2 Å². The Balaban J connectivity index is 1.89. The third-order valence-electron chi connectivity index (χ3n) is 3.72. The van der Waals surface area contributed by atoms with Gasteiger partial charge in [0.25, 0.3) is 0 Å². The molecule has 4 nitrogen and oxygen atoms in total. The Kier molecular flexibility index (Phi) is 4.94. The summed E-state index contributed by atoms with van der Waals surface area (Å²) in [5.41, 5.74) is 2.00. The number of nitrogens with zero attached hydrogens (tertiary/aromatic N) is 1. The van der Waals surface area contributed by atoms with Gasteiger partial charge in [-0.25, -0.2) is 0 Å². The molecule has 0 aliphatic carbocycles. The highest BCUT2D eigenvalue weighted by atomic mass is 35.5. The van der Waals surface area contributed by atoms with Gasteiger partial charge in [0.05, 0.1) is 22.6 Å². The van der Waals surface area contributed by atoms with Crippen LogP contribution in [0.5, 0.6) is 5.75 Å². The first-order valence-electron chi connectivity index (χ1n) is 7.40. The maximum absolute atomic E-state index is 9.43. The summed E-state index contributed by atoms with van der Waals surface area (Å²) in [4.78, 5) is 4.39. The minimum absolute atomic E-state index is 0.0740. The van der Waals surface area contributed by atoms with Crippen LogP contribution >= 0.6 is 23.2 Å². The fraction of sp³-hybridized carbons (Fsp3) is 0.235. The lowest BCUT2D eigenvalue weighted by molar-refractivity contribution is 0.475. The van der Waals surface area contributed by atoms with Gasteiger partial charge in [-0.05, 0) is 35.7 Å². The first-order chi connectivity index (χ1) is 11.1. The highest BCUT2D eigenvalue weighted by Gasteiger charge is 2.19. The Labute approximate surface area is 145 Å². The minimum Gasteiger partial charge on any atom is -0.508 e. The van der Waals surface area contributed by atoms with E-state index in [1.54, 1.807) is 18.2 Å². The molecule has 1 aliphatic heterocycles. The van der Waals surface area contributed by atoms with Crippen molar-refractivity contribution in [1.29, 1.82) is 0 Å². The fourth-order valence-corrected chi connectivity index (χ4v) is 3.00. The summed E-state index contributed by atoms with van der Waals surface area (Å²) >= 11 is 12.6. The summed E-state index contributed by atoms with van der Waals surface area (Å²) in [6.45, 7) is 1.59. The Morgan fingerprint density at radius 1 is 1.17 bits per heavy atom. The van der Waals surface area contributed by atoms with Gasteiger partial charge in [-0.3, -0.25) is 4.99 Å². The maximum Gasteiger partial charge on any atom is 0.191 e. The fourth-order valence-electron chi connectivity index (χ4n) is 2.56. The lowest BCUT2D eigenvalue weighted by atomic mass is 9.98. The molecule has 1 unspecified atom stereocenters. The number of guanidine groups is 1. The first kappa shape index (κ1) is 16.0. The number of hydrogen-bond acceptors (Lipinski definition) is 4. The van der Waals surface area contributed by atoms with Gasteiger partial charge in [0, 0.05) is 6.54 Å². The third kappa shape index (κ3) is 3.89. The summed E-state index contributed by atoms with van der Waals surface area (Å²) in [5, 5.41) is 17.1. The summed E-state index contributed by atoms with van der Waals surface area (Å²) in [5.74, 6) is 1.02. The van der Waals surface area contributed by atoms with Crippen LogP contribution in [0.25, 0.3) is 0 Å². The van der Waals surface area contributed by atoms with Crippen LogP contribution in [0.3, 0.4) is 0 Å². The third-order valence-corrected chi connectivity index (χ3v) is 4.55. The zero-order chi connectivity index (χ0) is 16.2. The lowest BCUT2D eigenvalue weighted by Gasteiger charge is -2.22. The number of phenolic OH excluding ortho intramolecular Hbond substituents is 1. The second kappa shape index (κ2) is 7.11. The van der Waals surface area contributed by atoms with Gasteiger partial charge in [-0.2, -0.15) is 0 Å². The van der Waals surface area contributed by atoms with Crippen LogP contribution in [0.15, 0.2) is 47.5 Å². The molecule has 2 aromatic rings. The summed E-state index contributed by atoms with van der Waals surface area (Å²) in [6.07, 6.45) is 0.695. The summed E-state index contributed by atoms with van der Waals surface area (Å²) < 4.78 is 0. The average Bonchev–Trinajstić information content (AvgIpc) is 3.05. The molecule has 1 atom stereocenters. The van der Waals surface area contributed by atoms with E-state index in [4.69, 9.17) is 23.2 Å². The van der Waals surface area contributed by atoms with E-state index < -0.39 is 0 Å². The molecule has 0 amide bonds. The largest absolute Gasteiger partial charge is 0.508 e. The van der Waals surface area contributed by atoms with Gasteiger partial charge in [0.2, 0.25) is 0 Å². The Morgan fingerprint density at radius 2 is 1.96 bits per heavy atom. The number of aromatic hydroxyl groups is 1. The molecule has 2 aromatic carbocycles. The number of aliphatic imine (C=N–C) groups is 1. The molecule has 0 bridgehead atoms. The number of nitrogens with one attached hydrogen (secondary N) is 2. The van der Waals surface area contributed by atoms with Crippen LogP contribution in [0.1, 0.15) is 17.2 Å². The molecule has 0 saturated heterocycles. The molecule has 1 heterocycles. The monoisotopic (exact) mass is 349 g/mol. The van der Waals surface area contributed by atoms with Gasteiger partial charge in [0.15, 0.2) is 5.96 Å². The molecular weight excluding hydrogens is 333 g/mol. The number of phenols is 1. The van der Waals surface area contributed by atoms with Gasteiger partial charge in [-0.1, -0.05) is 47.5 Å². The van der Waals surface area contributed by atoms with Crippen LogP contribution in [0.4, 0.5) is 0 Å². The molecule has 0 spiro atoms. The second-order valence-electron chi connectivity index (χ2n) is 5.37. The average molecular weight is 350 g/mol. The van der Waals surface area contributed by atoms with Gasteiger partial charge < -0.3 is 15.7 Å². The minimum atomic E-state index is -0.0740. The van der Waals surface area contributed by atoms with Crippen molar-refractivity contribution in [3.8, 4) is 5.75 Å². The molecule has 0 saturated carbocycles.